The van der Waals surface area contributed by atoms with Crippen LogP contribution in [0.1, 0.15) is 27.2 Å². The highest BCUT2D eigenvalue weighted by atomic mass is 16.4. The molecule has 106 valence electrons. The maximum Gasteiger partial charge on any atom is 0.326 e. The van der Waals surface area contributed by atoms with Crippen molar-refractivity contribution < 1.29 is 14.7 Å². The van der Waals surface area contributed by atoms with Gasteiger partial charge in [-0.15, -0.1) is 0 Å². The molecule has 3 N–H and O–H groups in total. The second-order valence-electron chi connectivity index (χ2n) is 4.87. The Hall–Kier alpha value is -1.30. The molecule has 3 atom stereocenters. The molecule has 2 amide bonds. The Bertz CT molecular complexity index is 282. The number of carbonyl (C=O) groups excluding carboxylic acids is 1. The summed E-state index contributed by atoms with van der Waals surface area (Å²) in [6.45, 7) is 6.16. The first-order valence-electron chi connectivity index (χ1n) is 6.23. The van der Waals surface area contributed by atoms with E-state index in [1.54, 1.807) is 0 Å². The highest BCUT2D eigenvalue weighted by Gasteiger charge is 2.25. The summed E-state index contributed by atoms with van der Waals surface area (Å²) in [7, 11) is 3.84. The molecule has 0 fully saturated rings. The molecular weight excluding hydrogens is 234 g/mol. The van der Waals surface area contributed by atoms with E-state index in [-0.39, 0.29) is 12.0 Å². The van der Waals surface area contributed by atoms with Crippen LogP contribution in [0.15, 0.2) is 0 Å². The molecule has 0 aromatic heterocycles. The van der Waals surface area contributed by atoms with Crippen LogP contribution in [0.3, 0.4) is 0 Å². The Kier molecular flexibility index (Phi) is 7.35. The number of likely N-dealkylation sites (N-methyl/N-ethyl adjacent to an activating group) is 1. The van der Waals surface area contributed by atoms with Gasteiger partial charge < -0.3 is 20.6 Å². The van der Waals surface area contributed by atoms with Crippen molar-refractivity contribution in [2.75, 3.05) is 20.6 Å². The van der Waals surface area contributed by atoms with Crippen LogP contribution in [0.4, 0.5) is 4.79 Å². The van der Waals surface area contributed by atoms with Crippen LogP contribution in [0.2, 0.25) is 0 Å². The molecular formula is C12H25N3O3. The van der Waals surface area contributed by atoms with Gasteiger partial charge in [0, 0.05) is 12.6 Å². The van der Waals surface area contributed by atoms with Gasteiger partial charge in [0.2, 0.25) is 0 Å². The molecule has 6 nitrogen and oxygen atoms in total. The van der Waals surface area contributed by atoms with Crippen molar-refractivity contribution in [3.63, 3.8) is 0 Å². The minimum absolute atomic E-state index is 0.0977. The number of carboxylic acid groups (broad SMARTS) is 1. The molecule has 0 aliphatic carbocycles. The minimum atomic E-state index is -1.000. The lowest BCUT2D eigenvalue weighted by molar-refractivity contribution is -0.140. The van der Waals surface area contributed by atoms with Gasteiger partial charge in [0.05, 0.1) is 0 Å². The fourth-order valence-electron chi connectivity index (χ4n) is 1.30. The zero-order chi connectivity index (χ0) is 14.3. The minimum Gasteiger partial charge on any atom is -0.480 e. The number of nitrogens with one attached hydrogen (secondary N) is 2. The number of rotatable bonds is 7. The van der Waals surface area contributed by atoms with Crippen molar-refractivity contribution in [2.24, 2.45) is 5.92 Å². The fourth-order valence-corrected chi connectivity index (χ4v) is 1.30. The third-order valence-electron chi connectivity index (χ3n) is 3.21. The first-order chi connectivity index (χ1) is 8.29. The summed E-state index contributed by atoms with van der Waals surface area (Å²) in [6.07, 6.45) is 0.700. The van der Waals surface area contributed by atoms with Crippen molar-refractivity contribution in [2.45, 2.75) is 39.3 Å². The van der Waals surface area contributed by atoms with Crippen LogP contribution in [0.25, 0.3) is 0 Å². The van der Waals surface area contributed by atoms with E-state index >= 15 is 0 Å². The molecule has 0 heterocycles. The lowest BCUT2D eigenvalue weighted by Gasteiger charge is -2.23. The summed E-state index contributed by atoms with van der Waals surface area (Å²) >= 11 is 0. The highest BCUT2D eigenvalue weighted by Crippen LogP contribution is 2.07. The predicted octanol–water partition coefficient (Wildman–Crippen LogP) is 0.735. The summed E-state index contributed by atoms with van der Waals surface area (Å²) in [5.41, 5.74) is 0. The lowest BCUT2D eigenvalue weighted by atomic mass is 9.99. The molecule has 18 heavy (non-hydrogen) atoms. The Balaban J connectivity index is 4.23. The quantitative estimate of drug-likeness (QED) is 0.629. The number of hydrogen-bond acceptors (Lipinski definition) is 3. The van der Waals surface area contributed by atoms with Crippen LogP contribution in [0, 0.1) is 5.92 Å². The number of carbonyl (C=O) groups is 2. The van der Waals surface area contributed by atoms with Crippen LogP contribution in [0.5, 0.6) is 0 Å². The van der Waals surface area contributed by atoms with E-state index in [1.807, 2.05) is 39.8 Å². The molecule has 2 unspecified atom stereocenters. The molecule has 0 bridgehead atoms. The van der Waals surface area contributed by atoms with Crippen molar-refractivity contribution in [3.8, 4) is 0 Å². The lowest BCUT2D eigenvalue weighted by Crippen LogP contribution is -2.51. The van der Waals surface area contributed by atoms with E-state index in [4.69, 9.17) is 5.11 Å². The smallest absolute Gasteiger partial charge is 0.326 e. The predicted molar refractivity (Wildman–Crippen MR) is 70.6 cm³/mol. The summed E-state index contributed by atoms with van der Waals surface area (Å²) in [6, 6.07) is -1.08. The van der Waals surface area contributed by atoms with Crippen LogP contribution in [-0.4, -0.2) is 54.7 Å². The van der Waals surface area contributed by atoms with Gasteiger partial charge in [-0.3, -0.25) is 0 Å². The van der Waals surface area contributed by atoms with Gasteiger partial charge in [-0.05, 0) is 26.9 Å². The zero-order valence-electron chi connectivity index (χ0n) is 11.9. The Labute approximate surface area is 109 Å². The third kappa shape index (κ3) is 5.86. The molecule has 0 radical (unpaired) electrons. The Morgan fingerprint density at radius 3 is 2.22 bits per heavy atom. The van der Waals surface area contributed by atoms with Crippen molar-refractivity contribution in [1.82, 2.24) is 15.5 Å². The van der Waals surface area contributed by atoms with Gasteiger partial charge in [0.1, 0.15) is 6.04 Å². The number of urea groups is 1. The molecule has 0 aromatic rings. The normalized spacial score (nSPS) is 15.9. The average molecular weight is 259 g/mol. The summed E-state index contributed by atoms with van der Waals surface area (Å²) in [4.78, 5) is 24.6. The van der Waals surface area contributed by atoms with Gasteiger partial charge >= 0.3 is 12.0 Å². The molecule has 6 heteroatoms. The first kappa shape index (κ1) is 16.7. The molecule has 0 rings (SSSR count). The van der Waals surface area contributed by atoms with E-state index in [0.717, 1.165) is 0 Å². The number of carboxylic acids is 1. The molecule has 0 saturated heterocycles. The summed E-state index contributed by atoms with van der Waals surface area (Å²) in [5.74, 6) is -1.10. The number of nitrogens with zero attached hydrogens (tertiary/aromatic N) is 1. The number of amides is 2. The summed E-state index contributed by atoms with van der Waals surface area (Å²) < 4.78 is 0. The largest absolute Gasteiger partial charge is 0.480 e. The second kappa shape index (κ2) is 7.92. The van der Waals surface area contributed by atoms with Crippen LogP contribution in [-0.2, 0) is 4.79 Å². The second-order valence-corrected chi connectivity index (χ2v) is 4.87. The van der Waals surface area contributed by atoms with E-state index < -0.39 is 18.0 Å². The van der Waals surface area contributed by atoms with E-state index in [1.165, 1.54) is 0 Å². The van der Waals surface area contributed by atoms with E-state index in [2.05, 4.69) is 10.6 Å². The maximum atomic E-state index is 11.6. The van der Waals surface area contributed by atoms with Gasteiger partial charge in [-0.1, -0.05) is 20.3 Å². The maximum absolute atomic E-state index is 11.6. The SMILES string of the molecule is CCC(C)[C@H](NC(=O)NCC(C)N(C)C)C(=O)O. The molecule has 0 aliphatic rings. The standard InChI is InChI=1S/C12H25N3O3/c1-6-8(2)10(11(16)17)14-12(18)13-7-9(3)15(4)5/h8-10H,6-7H2,1-5H3,(H,16,17)(H2,13,14,18)/t8?,9?,10-/m0/s1. The molecule has 0 spiro atoms. The van der Waals surface area contributed by atoms with Gasteiger partial charge in [-0.25, -0.2) is 9.59 Å². The fraction of sp³-hybridized carbons (Fsp3) is 0.833. The van der Waals surface area contributed by atoms with Gasteiger partial charge in [0.25, 0.3) is 0 Å². The number of hydrogen-bond donors (Lipinski definition) is 3. The highest BCUT2D eigenvalue weighted by molar-refractivity contribution is 5.82. The van der Waals surface area contributed by atoms with Crippen molar-refractivity contribution in [1.29, 1.82) is 0 Å². The van der Waals surface area contributed by atoms with E-state index in [9.17, 15) is 9.59 Å². The van der Waals surface area contributed by atoms with Gasteiger partial charge in [-0.2, -0.15) is 0 Å². The van der Waals surface area contributed by atoms with Crippen LogP contribution >= 0.6 is 0 Å². The Morgan fingerprint density at radius 2 is 1.83 bits per heavy atom. The van der Waals surface area contributed by atoms with Crippen molar-refractivity contribution >= 4 is 12.0 Å². The summed E-state index contributed by atoms with van der Waals surface area (Å²) in [5, 5.41) is 14.2. The van der Waals surface area contributed by atoms with Gasteiger partial charge in [0.15, 0.2) is 0 Å². The molecule has 0 aliphatic heterocycles. The number of aliphatic carboxylic acids is 1. The first-order valence-corrected chi connectivity index (χ1v) is 6.23. The van der Waals surface area contributed by atoms with Crippen molar-refractivity contribution in [3.05, 3.63) is 0 Å². The van der Waals surface area contributed by atoms with E-state index in [0.29, 0.717) is 13.0 Å². The molecule has 0 saturated carbocycles. The average Bonchev–Trinajstić information content (AvgIpc) is 2.31. The third-order valence-corrected chi connectivity index (χ3v) is 3.21. The monoisotopic (exact) mass is 259 g/mol. The molecule has 0 aromatic carbocycles. The zero-order valence-corrected chi connectivity index (χ0v) is 11.9. The topological polar surface area (TPSA) is 81.7 Å². The van der Waals surface area contributed by atoms with Crippen LogP contribution < -0.4 is 10.6 Å². The Morgan fingerprint density at radius 1 is 1.28 bits per heavy atom.